The maximum absolute atomic E-state index is 13.2. The molecule has 0 saturated carbocycles. The number of anilines is 1. The van der Waals surface area contributed by atoms with Crippen molar-refractivity contribution in [3.8, 4) is 0 Å². The lowest BCUT2D eigenvalue weighted by Crippen LogP contribution is -2.43. The van der Waals surface area contributed by atoms with Crippen LogP contribution in [0.15, 0.2) is 72.8 Å². The summed E-state index contributed by atoms with van der Waals surface area (Å²) in [5.41, 5.74) is 1.73. The predicted octanol–water partition coefficient (Wildman–Crippen LogP) is 3.17. The van der Waals surface area contributed by atoms with Crippen LogP contribution in [0.25, 0.3) is 0 Å². The molecule has 2 atom stereocenters. The van der Waals surface area contributed by atoms with Gasteiger partial charge in [-0.2, -0.15) is 0 Å². The summed E-state index contributed by atoms with van der Waals surface area (Å²) in [4.78, 5) is 41.4. The number of carbonyl (C=O) groups is 3. The van der Waals surface area contributed by atoms with E-state index in [0.29, 0.717) is 19.4 Å². The van der Waals surface area contributed by atoms with E-state index in [0.717, 1.165) is 16.2 Å². The minimum atomic E-state index is -0.315. The summed E-state index contributed by atoms with van der Waals surface area (Å²) in [5, 5.41) is 0. The number of para-hydroxylation sites is 1. The third-order valence-electron chi connectivity index (χ3n) is 5.44. The molecule has 0 bridgehead atoms. The molecule has 0 radical (unpaired) electrons. The van der Waals surface area contributed by atoms with Gasteiger partial charge in [-0.1, -0.05) is 60.7 Å². The van der Waals surface area contributed by atoms with Gasteiger partial charge < -0.3 is 4.90 Å². The molecular weight excluding hydrogens is 352 g/mol. The van der Waals surface area contributed by atoms with E-state index in [2.05, 4.69) is 0 Å². The molecule has 2 aromatic carbocycles. The molecule has 3 amide bonds. The minimum absolute atomic E-state index is 0.216. The van der Waals surface area contributed by atoms with Crippen molar-refractivity contribution in [3.63, 3.8) is 0 Å². The number of hydrogen-bond acceptors (Lipinski definition) is 3. The summed E-state index contributed by atoms with van der Waals surface area (Å²) < 4.78 is 0. The fourth-order valence-electron chi connectivity index (χ4n) is 3.94. The standard InChI is InChI=1S/C23H22N2O3/c26-21(16-25-22(27)19-13-7-8-14-20(19)23(25)28)24(18-11-5-2-6-12-18)15-17-9-3-1-4-10-17/h1-12,19-20H,13-16H2. The molecule has 2 aromatic rings. The molecule has 5 nitrogen and oxygen atoms in total. The Labute approximate surface area is 164 Å². The average Bonchev–Trinajstić information content (AvgIpc) is 2.98. The Morgan fingerprint density at radius 2 is 1.39 bits per heavy atom. The largest absolute Gasteiger partial charge is 0.306 e. The van der Waals surface area contributed by atoms with Gasteiger partial charge in [0.05, 0.1) is 18.4 Å². The maximum Gasteiger partial charge on any atom is 0.247 e. The van der Waals surface area contributed by atoms with Crippen LogP contribution in [0.3, 0.4) is 0 Å². The zero-order valence-electron chi connectivity index (χ0n) is 15.5. The second-order valence-electron chi connectivity index (χ2n) is 7.22. The topological polar surface area (TPSA) is 57.7 Å². The summed E-state index contributed by atoms with van der Waals surface area (Å²) in [5.74, 6) is -1.33. The number of benzene rings is 2. The van der Waals surface area contributed by atoms with Gasteiger partial charge in [-0.05, 0) is 30.5 Å². The number of allylic oxidation sites excluding steroid dienone is 2. The Morgan fingerprint density at radius 3 is 1.96 bits per heavy atom. The molecule has 1 aliphatic heterocycles. The van der Waals surface area contributed by atoms with Crippen molar-refractivity contribution in [1.82, 2.24) is 4.90 Å². The van der Waals surface area contributed by atoms with Crippen LogP contribution in [-0.4, -0.2) is 29.2 Å². The number of likely N-dealkylation sites (tertiary alicyclic amines) is 1. The first kappa shape index (κ1) is 18.2. The fourth-order valence-corrected chi connectivity index (χ4v) is 3.94. The van der Waals surface area contributed by atoms with Gasteiger partial charge >= 0.3 is 0 Å². The molecule has 1 saturated heterocycles. The highest BCUT2D eigenvalue weighted by Gasteiger charge is 2.47. The summed E-state index contributed by atoms with van der Waals surface area (Å²) in [7, 11) is 0. The van der Waals surface area contributed by atoms with Crippen molar-refractivity contribution in [2.24, 2.45) is 11.8 Å². The second kappa shape index (κ2) is 7.80. The van der Waals surface area contributed by atoms with Crippen LogP contribution < -0.4 is 4.90 Å². The Hall–Kier alpha value is -3.21. The van der Waals surface area contributed by atoms with Crippen molar-refractivity contribution >= 4 is 23.4 Å². The van der Waals surface area contributed by atoms with Crippen LogP contribution in [0.4, 0.5) is 5.69 Å². The third-order valence-corrected chi connectivity index (χ3v) is 5.44. The number of nitrogens with zero attached hydrogens (tertiary/aromatic N) is 2. The predicted molar refractivity (Wildman–Crippen MR) is 106 cm³/mol. The van der Waals surface area contributed by atoms with E-state index in [4.69, 9.17) is 0 Å². The van der Waals surface area contributed by atoms with E-state index in [1.165, 1.54) is 0 Å². The van der Waals surface area contributed by atoms with Crippen molar-refractivity contribution in [3.05, 3.63) is 78.4 Å². The Balaban J connectivity index is 1.56. The monoisotopic (exact) mass is 374 g/mol. The van der Waals surface area contributed by atoms with Gasteiger partial charge in [0.15, 0.2) is 0 Å². The van der Waals surface area contributed by atoms with Gasteiger partial charge in [0, 0.05) is 5.69 Å². The summed E-state index contributed by atoms with van der Waals surface area (Å²) in [6.07, 6.45) is 5.05. The molecule has 2 unspecified atom stereocenters. The first-order valence-corrected chi connectivity index (χ1v) is 9.54. The van der Waals surface area contributed by atoms with Gasteiger partial charge in [0.25, 0.3) is 0 Å². The number of imide groups is 1. The number of carbonyl (C=O) groups excluding carboxylic acids is 3. The number of rotatable bonds is 5. The SMILES string of the molecule is O=C1C2CC=CCC2C(=O)N1CC(=O)N(Cc1ccccc1)c1ccccc1. The zero-order chi connectivity index (χ0) is 19.5. The van der Waals surface area contributed by atoms with Crippen LogP contribution in [0.2, 0.25) is 0 Å². The van der Waals surface area contributed by atoms with Gasteiger partial charge in [0.1, 0.15) is 6.54 Å². The van der Waals surface area contributed by atoms with Crippen LogP contribution >= 0.6 is 0 Å². The zero-order valence-corrected chi connectivity index (χ0v) is 15.5. The fraction of sp³-hybridized carbons (Fsp3) is 0.261. The van der Waals surface area contributed by atoms with E-state index in [9.17, 15) is 14.4 Å². The van der Waals surface area contributed by atoms with Crippen LogP contribution in [0.1, 0.15) is 18.4 Å². The highest BCUT2D eigenvalue weighted by Crippen LogP contribution is 2.35. The van der Waals surface area contributed by atoms with Gasteiger partial charge in [0.2, 0.25) is 17.7 Å². The Kier molecular flexibility index (Phi) is 5.06. The van der Waals surface area contributed by atoms with E-state index < -0.39 is 0 Å². The lowest BCUT2D eigenvalue weighted by atomic mass is 9.85. The van der Waals surface area contributed by atoms with Crippen molar-refractivity contribution in [2.75, 3.05) is 11.4 Å². The van der Waals surface area contributed by atoms with E-state index in [-0.39, 0.29) is 36.1 Å². The summed E-state index contributed by atoms with van der Waals surface area (Å²) in [6.45, 7) is 0.167. The molecule has 0 spiro atoms. The second-order valence-corrected chi connectivity index (χ2v) is 7.22. The van der Waals surface area contributed by atoms with Crippen LogP contribution in [0, 0.1) is 11.8 Å². The van der Waals surface area contributed by atoms with Crippen LogP contribution in [0.5, 0.6) is 0 Å². The lowest BCUT2D eigenvalue weighted by Gasteiger charge is -2.25. The Morgan fingerprint density at radius 1 is 0.857 bits per heavy atom. The molecule has 0 N–H and O–H groups in total. The molecule has 0 aromatic heterocycles. The first-order chi connectivity index (χ1) is 13.6. The van der Waals surface area contributed by atoms with E-state index >= 15 is 0 Å². The number of hydrogen-bond donors (Lipinski definition) is 0. The molecule has 2 aliphatic rings. The molecule has 28 heavy (non-hydrogen) atoms. The Bertz CT molecular complexity index is 882. The highest BCUT2D eigenvalue weighted by atomic mass is 16.2. The lowest BCUT2D eigenvalue weighted by molar-refractivity contribution is -0.143. The first-order valence-electron chi connectivity index (χ1n) is 9.54. The van der Waals surface area contributed by atoms with Gasteiger partial charge in [-0.25, -0.2) is 0 Å². The van der Waals surface area contributed by atoms with Gasteiger partial charge in [-0.3, -0.25) is 19.3 Å². The van der Waals surface area contributed by atoms with Crippen LogP contribution in [-0.2, 0) is 20.9 Å². The maximum atomic E-state index is 13.2. The highest BCUT2D eigenvalue weighted by molar-refractivity contribution is 6.09. The minimum Gasteiger partial charge on any atom is -0.306 e. The normalized spacial score (nSPS) is 20.9. The summed E-state index contributed by atoms with van der Waals surface area (Å²) in [6, 6.07) is 19.0. The smallest absolute Gasteiger partial charge is 0.247 e. The molecule has 5 heteroatoms. The quantitative estimate of drug-likeness (QED) is 0.597. The average molecular weight is 374 g/mol. The number of fused-ring (bicyclic) bond motifs is 1. The molecule has 4 rings (SSSR count). The molecule has 1 aliphatic carbocycles. The van der Waals surface area contributed by atoms with Crippen molar-refractivity contribution in [2.45, 2.75) is 19.4 Å². The molecule has 1 fully saturated rings. The van der Waals surface area contributed by atoms with Crippen molar-refractivity contribution < 1.29 is 14.4 Å². The van der Waals surface area contributed by atoms with Gasteiger partial charge in [-0.15, -0.1) is 0 Å². The molecular formula is C23H22N2O3. The van der Waals surface area contributed by atoms with E-state index in [1.807, 2.05) is 72.8 Å². The summed E-state index contributed by atoms with van der Waals surface area (Å²) >= 11 is 0. The third kappa shape index (κ3) is 3.48. The molecule has 1 heterocycles. The van der Waals surface area contributed by atoms with E-state index in [1.54, 1.807) is 4.90 Å². The number of amides is 3. The van der Waals surface area contributed by atoms with Crippen molar-refractivity contribution in [1.29, 1.82) is 0 Å². The molecule has 142 valence electrons.